The highest BCUT2D eigenvalue weighted by atomic mass is 16.2. The first-order chi connectivity index (χ1) is 13.0. The second-order valence-corrected chi connectivity index (χ2v) is 7.84. The fraction of sp³-hybridized carbons (Fsp3) is 0.600. The Balaban J connectivity index is 1.41. The van der Waals surface area contributed by atoms with Crippen LogP contribution in [0.1, 0.15) is 66.7 Å². The summed E-state index contributed by atoms with van der Waals surface area (Å²) in [7, 11) is 0. The van der Waals surface area contributed by atoms with Gasteiger partial charge in [0.25, 0.3) is 0 Å². The number of aromatic nitrogens is 4. The van der Waals surface area contributed by atoms with Crippen molar-refractivity contribution in [1.82, 2.24) is 30.0 Å². The Labute approximate surface area is 160 Å². The van der Waals surface area contributed by atoms with E-state index < -0.39 is 0 Å². The topological polar surface area (TPSA) is 75.9 Å². The number of hydrogen-bond donors (Lipinski definition) is 1. The monoisotopic (exact) mass is 368 g/mol. The van der Waals surface area contributed by atoms with Crippen molar-refractivity contribution in [2.45, 2.75) is 65.1 Å². The minimum atomic E-state index is 0.0552. The molecular weight excluding hydrogens is 340 g/mol. The number of rotatable bonds is 4. The van der Waals surface area contributed by atoms with Gasteiger partial charge < -0.3 is 10.2 Å². The number of fused-ring (bicyclic) bond motifs is 1. The molecule has 1 amide bonds. The van der Waals surface area contributed by atoms with Crippen molar-refractivity contribution in [1.29, 1.82) is 0 Å². The molecular formula is C20H28N6O. The molecule has 4 heterocycles. The minimum Gasteiger partial charge on any atom is -0.338 e. The molecule has 27 heavy (non-hydrogen) atoms. The maximum Gasteiger partial charge on any atom is 0.225 e. The maximum atomic E-state index is 12.8. The average Bonchev–Trinajstić information content (AvgIpc) is 3.30. The molecule has 2 aliphatic rings. The molecule has 2 atom stereocenters. The van der Waals surface area contributed by atoms with Gasteiger partial charge in [-0.3, -0.25) is 9.48 Å². The van der Waals surface area contributed by atoms with E-state index in [0.717, 1.165) is 54.4 Å². The first-order valence-corrected chi connectivity index (χ1v) is 9.90. The number of hydrogen-bond acceptors (Lipinski definition) is 5. The standard InChI is InChI=1S/C20H28N6O/c1-13-9-14(2)26(24-13)15(3)10-19(27)25-8-6-17-16(12-25)11-22-20(23-17)18-5-4-7-21-18/h9,11,15,18,21H,4-8,10,12H2,1-3H3/t15-,18+/m1/s1. The molecule has 2 aliphatic heterocycles. The van der Waals surface area contributed by atoms with Crippen molar-refractivity contribution in [2.24, 2.45) is 0 Å². The van der Waals surface area contributed by atoms with Crippen LogP contribution in [0.25, 0.3) is 0 Å². The molecule has 1 N–H and O–H groups in total. The van der Waals surface area contributed by atoms with E-state index in [1.54, 1.807) is 0 Å². The third kappa shape index (κ3) is 3.74. The van der Waals surface area contributed by atoms with Gasteiger partial charge in [-0.25, -0.2) is 9.97 Å². The van der Waals surface area contributed by atoms with Crippen LogP contribution in [-0.4, -0.2) is 43.6 Å². The van der Waals surface area contributed by atoms with E-state index >= 15 is 0 Å². The van der Waals surface area contributed by atoms with Gasteiger partial charge in [-0.05, 0) is 46.2 Å². The molecule has 2 aromatic heterocycles. The lowest BCUT2D eigenvalue weighted by atomic mass is 10.1. The lowest BCUT2D eigenvalue weighted by molar-refractivity contribution is -0.133. The highest BCUT2D eigenvalue weighted by Gasteiger charge is 2.26. The van der Waals surface area contributed by atoms with Crippen molar-refractivity contribution in [3.05, 3.63) is 40.7 Å². The number of carbonyl (C=O) groups excluding carboxylic acids is 1. The van der Waals surface area contributed by atoms with Gasteiger partial charge >= 0.3 is 0 Å². The first-order valence-electron chi connectivity index (χ1n) is 9.90. The summed E-state index contributed by atoms with van der Waals surface area (Å²) < 4.78 is 1.95. The molecule has 0 bridgehead atoms. The number of carbonyl (C=O) groups is 1. The van der Waals surface area contributed by atoms with Gasteiger partial charge in [-0.2, -0.15) is 5.10 Å². The summed E-state index contributed by atoms with van der Waals surface area (Å²) in [5.41, 5.74) is 4.26. The van der Waals surface area contributed by atoms with E-state index in [2.05, 4.69) is 22.3 Å². The Hall–Kier alpha value is -2.28. The Bertz CT molecular complexity index is 839. The average molecular weight is 368 g/mol. The van der Waals surface area contributed by atoms with Gasteiger partial charge in [0.05, 0.1) is 23.5 Å². The first kappa shape index (κ1) is 18.1. The van der Waals surface area contributed by atoms with Crippen molar-refractivity contribution in [3.8, 4) is 0 Å². The van der Waals surface area contributed by atoms with Crippen LogP contribution >= 0.6 is 0 Å². The third-order valence-electron chi connectivity index (χ3n) is 5.61. The third-order valence-corrected chi connectivity index (χ3v) is 5.61. The smallest absolute Gasteiger partial charge is 0.225 e. The van der Waals surface area contributed by atoms with Crippen LogP contribution in [0, 0.1) is 13.8 Å². The molecule has 1 saturated heterocycles. The highest BCUT2D eigenvalue weighted by Crippen LogP contribution is 2.24. The lowest BCUT2D eigenvalue weighted by Gasteiger charge is -2.29. The highest BCUT2D eigenvalue weighted by molar-refractivity contribution is 5.76. The van der Waals surface area contributed by atoms with Crippen LogP contribution in [0.4, 0.5) is 0 Å². The molecule has 4 rings (SSSR count). The molecule has 2 aromatic rings. The molecule has 144 valence electrons. The number of nitrogens with one attached hydrogen (secondary N) is 1. The molecule has 0 aliphatic carbocycles. The van der Waals surface area contributed by atoms with Crippen molar-refractivity contribution in [3.63, 3.8) is 0 Å². The van der Waals surface area contributed by atoms with Crippen LogP contribution in [0.3, 0.4) is 0 Å². The van der Waals surface area contributed by atoms with Crippen LogP contribution in [-0.2, 0) is 17.8 Å². The van der Waals surface area contributed by atoms with E-state index in [9.17, 15) is 4.79 Å². The van der Waals surface area contributed by atoms with Crippen molar-refractivity contribution in [2.75, 3.05) is 13.1 Å². The molecule has 7 nitrogen and oxygen atoms in total. The summed E-state index contributed by atoms with van der Waals surface area (Å²) >= 11 is 0. The van der Waals surface area contributed by atoms with Gasteiger partial charge in [0.1, 0.15) is 5.82 Å². The molecule has 0 unspecified atom stereocenters. The summed E-state index contributed by atoms with van der Waals surface area (Å²) in [5, 5.41) is 7.96. The fourth-order valence-electron chi connectivity index (χ4n) is 4.18. The van der Waals surface area contributed by atoms with Crippen molar-refractivity contribution >= 4 is 5.91 Å². The zero-order valence-electron chi connectivity index (χ0n) is 16.4. The van der Waals surface area contributed by atoms with E-state index in [1.807, 2.05) is 35.7 Å². The Morgan fingerprint density at radius 3 is 2.96 bits per heavy atom. The van der Waals surface area contributed by atoms with E-state index in [-0.39, 0.29) is 18.0 Å². The van der Waals surface area contributed by atoms with Crippen LogP contribution in [0.5, 0.6) is 0 Å². The van der Waals surface area contributed by atoms with E-state index in [4.69, 9.17) is 4.98 Å². The van der Waals surface area contributed by atoms with Gasteiger partial charge in [-0.15, -0.1) is 0 Å². The number of amides is 1. The van der Waals surface area contributed by atoms with E-state index in [1.165, 1.54) is 6.42 Å². The Kier molecular flexibility index (Phi) is 4.95. The van der Waals surface area contributed by atoms with Crippen LogP contribution in [0.2, 0.25) is 0 Å². The van der Waals surface area contributed by atoms with Gasteiger partial charge in [0.15, 0.2) is 0 Å². The van der Waals surface area contributed by atoms with Gasteiger partial charge in [0.2, 0.25) is 5.91 Å². The number of nitrogens with zero attached hydrogens (tertiary/aromatic N) is 5. The maximum absolute atomic E-state index is 12.8. The van der Waals surface area contributed by atoms with Crippen LogP contribution < -0.4 is 5.32 Å². The lowest BCUT2D eigenvalue weighted by Crippen LogP contribution is -2.37. The summed E-state index contributed by atoms with van der Waals surface area (Å²) in [6.07, 6.45) is 5.47. The quantitative estimate of drug-likeness (QED) is 0.896. The molecule has 0 radical (unpaired) electrons. The summed E-state index contributed by atoms with van der Waals surface area (Å²) in [6.45, 7) is 8.45. The fourth-order valence-corrected chi connectivity index (χ4v) is 4.18. The van der Waals surface area contributed by atoms with Gasteiger partial charge in [-0.1, -0.05) is 0 Å². The number of aryl methyl sites for hydroxylation is 2. The SMILES string of the molecule is Cc1cc(C)n([C@H](C)CC(=O)N2CCc3nc([C@@H]4CCCN4)ncc3C2)n1. The van der Waals surface area contributed by atoms with Gasteiger partial charge in [0, 0.05) is 43.4 Å². The zero-order valence-corrected chi connectivity index (χ0v) is 16.4. The molecule has 0 saturated carbocycles. The Morgan fingerprint density at radius 2 is 2.26 bits per heavy atom. The second kappa shape index (κ2) is 7.38. The van der Waals surface area contributed by atoms with Crippen LogP contribution in [0.15, 0.2) is 12.3 Å². The minimum absolute atomic E-state index is 0.0552. The molecule has 7 heteroatoms. The summed E-state index contributed by atoms with van der Waals surface area (Å²) in [4.78, 5) is 24.1. The molecule has 0 spiro atoms. The predicted molar refractivity (Wildman–Crippen MR) is 102 cm³/mol. The van der Waals surface area contributed by atoms with E-state index in [0.29, 0.717) is 13.0 Å². The second-order valence-electron chi connectivity index (χ2n) is 7.84. The summed E-state index contributed by atoms with van der Waals surface area (Å²) in [5.74, 6) is 1.08. The predicted octanol–water partition coefficient (Wildman–Crippen LogP) is 2.25. The van der Waals surface area contributed by atoms with Crippen molar-refractivity contribution < 1.29 is 4.79 Å². The largest absolute Gasteiger partial charge is 0.338 e. The molecule has 0 aromatic carbocycles. The molecule has 1 fully saturated rings. The Morgan fingerprint density at radius 1 is 1.41 bits per heavy atom. The normalized spacial score (nSPS) is 20.6. The summed E-state index contributed by atoms with van der Waals surface area (Å²) in [6, 6.07) is 2.39. The zero-order chi connectivity index (χ0) is 19.0.